The molecule has 7 amide bonds. The van der Waals surface area contributed by atoms with E-state index < -0.39 is 138 Å². The summed E-state index contributed by atoms with van der Waals surface area (Å²) in [5, 5.41) is 58.9. The Morgan fingerprint density at radius 1 is 0.494 bits per heavy atom. The molecule has 0 spiro atoms. The maximum Gasteiger partial charge on any atom is 0.305 e. The number of aromatic amines is 1. The van der Waals surface area contributed by atoms with Crippen molar-refractivity contribution in [3.8, 4) is 0 Å². The molecule has 2 aliphatic carbocycles. The molecule has 0 bridgehead atoms. The number of hydrogen-bond donors (Lipinski definition) is 13. The molecular weight excluding hydrogens is 1100 g/mol. The zero-order chi connectivity index (χ0) is 62.0. The van der Waals surface area contributed by atoms with Crippen LogP contribution in [-0.2, 0) is 65.6 Å². The highest BCUT2D eigenvalue weighted by molar-refractivity contribution is 5.87. The second-order valence-corrected chi connectivity index (χ2v) is 23.4. The van der Waals surface area contributed by atoms with E-state index in [0.29, 0.717) is 57.8 Å². The quantitative estimate of drug-likeness (QED) is 0.0389. The summed E-state index contributed by atoms with van der Waals surface area (Å²) in [4.78, 5) is 146. The Kier molecular flexibility index (Phi) is 27.8. The predicted molar refractivity (Wildman–Crippen MR) is 313 cm³/mol. The zero-order valence-electron chi connectivity index (χ0n) is 48.7. The number of nitrogens with two attached hydrogens (primary N) is 1. The predicted octanol–water partition coefficient (Wildman–Crippen LogP) is 4.12. The van der Waals surface area contributed by atoms with Crippen LogP contribution in [-0.4, -0.2) is 139 Å². The molecule has 24 nitrogen and oxygen atoms in total. The molecule has 2 aromatic carbocycles. The number of amides is 7. The van der Waals surface area contributed by atoms with E-state index >= 15 is 0 Å². The Morgan fingerprint density at radius 2 is 0.918 bits per heavy atom. The molecular formula is C61H87N9O15. The van der Waals surface area contributed by atoms with Crippen molar-refractivity contribution in [2.24, 2.45) is 23.5 Å². The number of benzene rings is 2. The van der Waals surface area contributed by atoms with Gasteiger partial charge in [-0.1, -0.05) is 88.1 Å². The van der Waals surface area contributed by atoms with Gasteiger partial charge in [-0.15, -0.1) is 0 Å². The Bertz CT molecular complexity index is 2750. The van der Waals surface area contributed by atoms with Crippen LogP contribution in [0.5, 0.6) is 0 Å². The van der Waals surface area contributed by atoms with E-state index in [1.54, 1.807) is 18.3 Å². The summed E-state index contributed by atoms with van der Waals surface area (Å²) < 4.78 is 0. The highest BCUT2D eigenvalue weighted by Crippen LogP contribution is 2.28. The summed E-state index contributed by atoms with van der Waals surface area (Å²) in [7, 11) is 0. The van der Waals surface area contributed by atoms with Gasteiger partial charge in [-0.3, -0.25) is 52.7 Å². The summed E-state index contributed by atoms with van der Waals surface area (Å²) in [5.74, 6) is -9.31. The number of H-pyrrole nitrogens is 1. The third kappa shape index (κ3) is 25.1. The molecule has 0 unspecified atom stereocenters. The number of aromatic nitrogens is 1. The van der Waals surface area contributed by atoms with Crippen LogP contribution in [0.15, 0.2) is 60.8 Å². The molecule has 1 aromatic heterocycles. The summed E-state index contributed by atoms with van der Waals surface area (Å²) in [6.07, 6.45) is 4.20. The first-order valence-corrected chi connectivity index (χ1v) is 29.8. The van der Waals surface area contributed by atoms with E-state index in [0.717, 1.165) is 22.0 Å². The van der Waals surface area contributed by atoms with Crippen LogP contribution in [0.3, 0.4) is 0 Å². The van der Waals surface area contributed by atoms with Gasteiger partial charge in [0.25, 0.3) is 0 Å². The minimum absolute atomic E-state index is 0.00142. The number of nitrogens with one attached hydrogen (secondary N) is 8. The van der Waals surface area contributed by atoms with Crippen molar-refractivity contribution in [1.29, 1.82) is 0 Å². The fraction of sp³-hybridized carbons (Fsp3) is 0.590. The molecule has 0 saturated heterocycles. The smallest absolute Gasteiger partial charge is 0.305 e. The van der Waals surface area contributed by atoms with Gasteiger partial charge in [-0.2, -0.15) is 0 Å². The second-order valence-electron chi connectivity index (χ2n) is 23.4. The van der Waals surface area contributed by atoms with Crippen LogP contribution < -0.4 is 43.0 Å². The lowest BCUT2D eigenvalue weighted by atomic mass is 9.83. The zero-order valence-corrected chi connectivity index (χ0v) is 48.7. The molecule has 1 heterocycles. The number of para-hydroxylation sites is 1. The van der Waals surface area contributed by atoms with Gasteiger partial charge >= 0.3 is 23.9 Å². The number of carbonyl (C=O) groups is 11. The van der Waals surface area contributed by atoms with E-state index in [9.17, 15) is 73.2 Å². The molecule has 24 heteroatoms. The minimum atomic E-state index is -1.22. The minimum Gasteiger partial charge on any atom is -0.481 e. The topological polar surface area (TPSA) is 395 Å². The van der Waals surface area contributed by atoms with Crippen molar-refractivity contribution in [1.82, 2.24) is 42.2 Å². The first-order chi connectivity index (χ1) is 40.5. The molecule has 2 saturated carbocycles. The maximum atomic E-state index is 14.5. The van der Waals surface area contributed by atoms with Gasteiger partial charge in [-0.25, -0.2) is 0 Å². The molecule has 0 aliphatic heterocycles. The molecule has 0 radical (unpaired) electrons. The van der Waals surface area contributed by atoms with Crippen LogP contribution in [0.1, 0.15) is 160 Å². The van der Waals surface area contributed by atoms with Crippen molar-refractivity contribution in [2.75, 3.05) is 0 Å². The van der Waals surface area contributed by atoms with E-state index in [1.807, 2.05) is 56.3 Å². The van der Waals surface area contributed by atoms with Crippen molar-refractivity contribution in [3.05, 3.63) is 71.9 Å². The maximum absolute atomic E-state index is 14.5. The number of hydrogen-bond acceptors (Lipinski definition) is 12. The lowest BCUT2D eigenvalue weighted by Crippen LogP contribution is -2.53. The van der Waals surface area contributed by atoms with Crippen LogP contribution in [0.25, 0.3) is 10.9 Å². The van der Waals surface area contributed by atoms with Gasteiger partial charge in [0.05, 0.1) is 18.3 Å². The average molecular weight is 1190 g/mol. The Balaban J connectivity index is 1.27. The van der Waals surface area contributed by atoms with Gasteiger partial charge in [0.2, 0.25) is 41.4 Å². The molecule has 14 N–H and O–H groups in total. The van der Waals surface area contributed by atoms with Crippen LogP contribution >= 0.6 is 0 Å². The highest BCUT2D eigenvalue weighted by Gasteiger charge is 2.37. The lowest BCUT2D eigenvalue weighted by Gasteiger charge is -2.33. The molecule has 2 fully saturated rings. The Hall–Kier alpha value is -7.89. The van der Waals surface area contributed by atoms with Crippen molar-refractivity contribution in [2.45, 2.75) is 210 Å². The van der Waals surface area contributed by atoms with E-state index in [-0.39, 0.29) is 83.0 Å². The summed E-state index contributed by atoms with van der Waals surface area (Å²) in [6.45, 7) is 3.96. The normalized spacial score (nSPS) is 18.9. The molecule has 3 aromatic rings. The molecule has 2 aliphatic rings. The third-order valence-electron chi connectivity index (χ3n) is 15.6. The molecule has 466 valence electrons. The second kappa shape index (κ2) is 34.8. The third-order valence-corrected chi connectivity index (χ3v) is 15.6. The average Bonchev–Trinajstić information content (AvgIpc) is 3.74. The number of rotatable bonds is 36. The monoisotopic (exact) mass is 1190 g/mol. The van der Waals surface area contributed by atoms with Gasteiger partial charge in [0, 0.05) is 117 Å². The van der Waals surface area contributed by atoms with Crippen molar-refractivity contribution >= 4 is 76.1 Å². The van der Waals surface area contributed by atoms with Crippen LogP contribution in [0.4, 0.5) is 0 Å². The van der Waals surface area contributed by atoms with Crippen molar-refractivity contribution in [3.63, 3.8) is 0 Å². The number of carboxylic acid groups (broad SMARTS) is 4. The lowest BCUT2D eigenvalue weighted by molar-refractivity contribution is -0.140. The van der Waals surface area contributed by atoms with Gasteiger partial charge < -0.3 is 68.4 Å². The number of carboxylic acids is 4. The SMILES string of the molecule is CC(C)C[C@H](N)CC(=O)N[C@@H](CCC(=O)O)CC(=O)N[C@H]1CCCC[C@@H]1C(=O)N[C@H](CC(=O)N[C@@H](CCC(=O)O)CC(=O)N[C@H]1CCCC[C@@H]1C(=O)N[C@H](CC(=O)N[C@@H](CCC(=O)O)CC(=O)O)Cc1ccccc1)Cc1c[nH]c2ccccc12. The number of carbonyl (C=O) groups excluding carboxylic acids is 7. The summed E-state index contributed by atoms with van der Waals surface area (Å²) >= 11 is 0. The first-order valence-electron chi connectivity index (χ1n) is 29.8. The van der Waals surface area contributed by atoms with E-state index in [1.165, 1.54) is 0 Å². The Labute approximate surface area is 495 Å². The van der Waals surface area contributed by atoms with Gasteiger partial charge in [-0.05, 0) is 87.3 Å². The molecule has 5 rings (SSSR count). The standard InChI is InChI=1S/C61H87N9O15/c1-36(2)26-39(62)29-51(71)64-40(20-23-56(76)77)30-54(74)70-50-19-11-8-16-47(50)61(85)68-44(28-38-35-63-48-17-9-6-14-45(38)48)33-53(73)65-41(21-24-57(78)79)31-55(75)69-49-18-10-7-15-46(49)60(84)67-43(27-37-12-4-3-5-13-37)32-52(72)66-42(34-59(82)83)22-25-58(80)81/h3-6,9,12-14,17,35-36,39-44,46-47,49-50,63H,7-8,10-11,15-16,18-34,62H2,1-2H3,(H,64,71)(H,65,73)(H,66,72)(H,67,84)(H,68,85)(H,69,75)(H,70,74)(H,76,77)(H,78,79)(H,80,81)(H,82,83)/t39-,40-,41-,42-,43-,44-,46-,47-,49-,50-/m0/s1. The fourth-order valence-electron chi connectivity index (χ4n) is 11.7. The Morgan fingerprint density at radius 3 is 1.39 bits per heavy atom. The number of aliphatic carboxylic acids is 4. The van der Waals surface area contributed by atoms with Gasteiger partial charge in [0.15, 0.2) is 0 Å². The fourth-order valence-corrected chi connectivity index (χ4v) is 11.7. The van der Waals surface area contributed by atoms with Crippen LogP contribution in [0.2, 0.25) is 0 Å². The van der Waals surface area contributed by atoms with E-state index in [2.05, 4.69) is 42.2 Å². The summed E-state index contributed by atoms with van der Waals surface area (Å²) in [6, 6.07) is 10.5. The first kappa shape index (κ1) is 67.9. The van der Waals surface area contributed by atoms with E-state index in [4.69, 9.17) is 5.73 Å². The molecule has 85 heavy (non-hydrogen) atoms. The van der Waals surface area contributed by atoms with Gasteiger partial charge in [0.1, 0.15) is 0 Å². The van der Waals surface area contributed by atoms with Crippen LogP contribution in [0, 0.1) is 17.8 Å². The van der Waals surface area contributed by atoms with Crippen molar-refractivity contribution < 1.29 is 73.2 Å². The number of fused-ring (bicyclic) bond motifs is 1. The molecule has 10 atom stereocenters. The highest BCUT2D eigenvalue weighted by atomic mass is 16.4. The summed E-state index contributed by atoms with van der Waals surface area (Å²) in [5.41, 5.74) is 8.57. The largest absolute Gasteiger partial charge is 0.481 e.